The van der Waals surface area contributed by atoms with Gasteiger partial charge in [0, 0.05) is 29.6 Å². The fourth-order valence-corrected chi connectivity index (χ4v) is 2.88. The van der Waals surface area contributed by atoms with Crippen molar-refractivity contribution in [3.05, 3.63) is 65.3 Å². The Morgan fingerprint density at radius 3 is 2.48 bits per heavy atom. The Bertz CT molecular complexity index is 1160. The van der Waals surface area contributed by atoms with E-state index in [1.807, 2.05) is 0 Å². The Labute approximate surface area is 155 Å². The third-order valence-corrected chi connectivity index (χ3v) is 4.15. The van der Waals surface area contributed by atoms with E-state index in [1.165, 1.54) is 24.4 Å². The number of pyridine rings is 2. The molecule has 3 aromatic heterocycles. The first-order chi connectivity index (χ1) is 12.9. The highest BCUT2D eigenvalue weighted by Gasteiger charge is 2.18. The minimum Gasteiger partial charge on any atom is -0.436 e. The molecular weight excluding hydrogens is 381 g/mol. The van der Waals surface area contributed by atoms with Crippen LogP contribution in [0.25, 0.3) is 22.2 Å². The van der Waals surface area contributed by atoms with E-state index in [0.29, 0.717) is 16.8 Å². The number of furan rings is 1. The molecular formula is C18H10ClF3N4O. The average molecular weight is 391 g/mol. The van der Waals surface area contributed by atoms with Crippen LogP contribution < -0.4 is 11.1 Å². The Kier molecular flexibility index (Phi) is 4.12. The van der Waals surface area contributed by atoms with Crippen LogP contribution in [-0.4, -0.2) is 9.97 Å². The number of nitrogens with one attached hydrogen (secondary N) is 1. The summed E-state index contributed by atoms with van der Waals surface area (Å²) in [5, 5.41) is 3.47. The Morgan fingerprint density at radius 1 is 1.04 bits per heavy atom. The normalized spacial score (nSPS) is 11.1. The molecule has 1 aromatic carbocycles. The smallest absolute Gasteiger partial charge is 0.216 e. The molecule has 0 unspecified atom stereocenters. The summed E-state index contributed by atoms with van der Waals surface area (Å²) in [7, 11) is 0. The van der Waals surface area contributed by atoms with Crippen molar-refractivity contribution >= 4 is 39.8 Å². The van der Waals surface area contributed by atoms with Gasteiger partial charge in [0.15, 0.2) is 5.58 Å². The number of nitrogens with two attached hydrogens (primary N) is 1. The fraction of sp³-hybridized carbons (Fsp3) is 0. The lowest BCUT2D eigenvalue weighted by Gasteiger charge is -2.06. The monoisotopic (exact) mass is 390 g/mol. The number of fused-ring (bicyclic) bond motifs is 1. The van der Waals surface area contributed by atoms with Crippen LogP contribution in [-0.2, 0) is 0 Å². The summed E-state index contributed by atoms with van der Waals surface area (Å²) >= 11 is 5.79. The molecule has 0 aliphatic rings. The third-order valence-electron chi connectivity index (χ3n) is 3.86. The lowest BCUT2D eigenvalue weighted by atomic mass is 10.1. The minimum absolute atomic E-state index is 0.0229. The van der Waals surface area contributed by atoms with Gasteiger partial charge in [0.05, 0.1) is 10.4 Å². The highest BCUT2D eigenvalue weighted by molar-refractivity contribution is 6.31. The van der Waals surface area contributed by atoms with Crippen molar-refractivity contribution < 1.29 is 17.6 Å². The van der Waals surface area contributed by atoms with Crippen molar-refractivity contribution in [2.45, 2.75) is 0 Å². The Balaban J connectivity index is 1.84. The van der Waals surface area contributed by atoms with E-state index in [0.717, 1.165) is 12.1 Å². The van der Waals surface area contributed by atoms with Crippen LogP contribution in [0.15, 0.2) is 47.0 Å². The molecule has 4 aromatic rings. The van der Waals surface area contributed by atoms with Crippen LogP contribution in [0.5, 0.6) is 0 Å². The number of halogens is 4. The maximum absolute atomic E-state index is 13.5. The second-order valence-corrected chi connectivity index (χ2v) is 6.04. The van der Waals surface area contributed by atoms with Gasteiger partial charge in [0.1, 0.15) is 17.2 Å². The number of aromatic nitrogens is 2. The molecule has 0 amide bonds. The molecule has 0 aliphatic heterocycles. The topological polar surface area (TPSA) is 77.0 Å². The zero-order chi connectivity index (χ0) is 19.1. The van der Waals surface area contributed by atoms with Gasteiger partial charge in [-0.1, -0.05) is 11.6 Å². The van der Waals surface area contributed by atoms with E-state index in [4.69, 9.17) is 21.8 Å². The van der Waals surface area contributed by atoms with E-state index in [9.17, 15) is 13.2 Å². The maximum Gasteiger partial charge on any atom is 0.216 e. The summed E-state index contributed by atoms with van der Waals surface area (Å²) in [5.74, 6) is -2.50. The molecule has 0 radical (unpaired) electrons. The highest BCUT2D eigenvalue weighted by Crippen LogP contribution is 2.39. The largest absolute Gasteiger partial charge is 0.436 e. The molecule has 9 heteroatoms. The van der Waals surface area contributed by atoms with Gasteiger partial charge >= 0.3 is 0 Å². The zero-order valence-electron chi connectivity index (χ0n) is 13.4. The summed E-state index contributed by atoms with van der Waals surface area (Å²) in [5.41, 5.74) is 7.41. The standard InChI is InChI=1S/C18H10ClF3N4O/c19-11-7-9(1-2-12(11)20)25-16-10-3-4-24-15(17(10)27-18(16)23)8-5-13(21)26-14(22)6-8/h1-7,25H,23H2. The number of rotatable bonds is 3. The van der Waals surface area contributed by atoms with Crippen LogP contribution in [0, 0.1) is 17.7 Å². The maximum atomic E-state index is 13.5. The summed E-state index contributed by atoms with van der Waals surface area (Å²) in [6.45, 7) is 0. The molecule has 3 heterocycles. The molecule has 0 spiro atoms. The van der Waals surface area contributed by atoms with Gasteiger partial charge in [0.25, 0.3) is 0 Å². The molecule has 5 nitrogen and oxygen atoms in total. The SMILES string of the molecule is Nc1oc2c(-c3cc(F)nc(F)c3)nccc2c1Nc1ccc(F)c(Cl)c1. The minimum atomic E-state index is -0.984. The molecule has 0 aliphatic carbocycles. The average Bonchev–Trinajstić information content (AvgIpc) is 2.93. The highest BCUT2D eigenvalue weighted by atomic mass is 35.5. The van der Waals surface area contributed by atoms with Crippen LogP contribution in [0.1, 0.15) is 0 Å². The first-order valence-corrected chi connectivity index (χ1v) is 8.02. The molecule has 0 saturated carbocycles. The van der Waals surface area contributed by atoms with Crippen LogP contribution in [0.2, 0.25) is 5.02 Å². The van der Waals surface area contributed by atoms with Crippen molar-refractivity contribution in [2.24, 2.45) is 0 Å². The van der Waals surface area contributed by atoms with Gasteiger partial charge in [-0.2, -0.15) is 13.8 Å². The van der Waals surface area contributed by atoms with E-state index in [-0.39, 0.29) is 27.7 Å². The molecule has 0 atom stereocenters. The van der Waals surface area contributed by atoms with Gasteiger partial charge in [0.2, 0.25) is 17.8 Å². The summed E-state index contributed by atoms with van der Waals surface area (Å²) in [6.07, 6.45) is 1.45. The molecule has 0 fully saturated rings. The lowest BCUT2D eigenvalue weighted by molar-refractivity contribution is 0.513. The van der Waals surface area contributed by atoms with Gasteiger partial charge in [-0.3, -0.25) is 4.98 Å². The second kappa shape index (κ2) is 6.48. The summed E-state index contributed by atoms with van der Waals surface area (Å²) in [4.78, 5) is 7.20. The van der Waals surface area contributed by atoms with Gasteiger partial charge in [-0.25, -0.2) is 4.39 Å². The predicted octanol–water partition coefficient (Wildman–Crippen LogP) is 5.29. The van der Waals surface area contributed by atoms with Crippen molar-refractivity contribution in [3.8, 4) is 11.3 Å². The van der Waals surface area contributed by atoms with E-state index < -0.39 is 17.7 Å². The number of hydrogen-bond acceptors (Lipinski definition) is 5. The molecule has 27 heavy (non-hydrogen) atoms. The number of nitrogens with zero attached hydrogens (tertiary/aromatic N) is 2. The van der Waals surface area contributed by atoms with Crippen LogP contribution >= 0.6 is 11.6 Å². The van der Waals surface area contributed by atoms with Crippen molar-refractivity contribution in [1.82, 2.24) is 9.97 Å². The predicted molar refractivity (Wildman–Crippen MR) is 96.3 cm³/mol. The number of nitrogen functional groups attached to an aromatic ring is 1. The van der Waals surface area contributed by atoms with Gasteiger partial charge < -0.3 is 15.5 Å². The first kappa shape index (κ1) is 17.2. The molecule has 136 valence electrons. The molecule has 4 rings (SSSR count). The third kappa shape index (κ3) is 3.15. The van der Waals surface area contributed by atoms with Gasteiger partial charge in [-0.05, 0) is 24.3 Å². The number of benzene rings is 1. The Hall–Kier alpha value is -3.26. The van der Waals surface area contributed by atoms with E-state index in [1.54, 1.807) is 6.07 Å². The van der Waals surface area contributed by atoms with Gasteiger partial charge in [-0.15, -0.1) is 0 Å². The first-order valence-electron chi connectivity index (χ1n) is 7.65. The molecule has 0 saturated heterocycles. The second-order valence-electron chi connectivity index (χ2n) is 5.63. The molecule has 0 bridgehead atoms. The van der Waals surface area contributed by atoms with Crippen LogP contribution in [0.3, 0.4) is 0 Å². The number of hydrogen-bond donors (Lipinski definition) is 2. The summed E-state index contributed by atoms with van der Waals surface area (Å²) < 4.78 is 45.8. The van der Waals surface area contributed by atoms with E-state index >= 15 is 0 Å². The Morgan fingerprint density at radius 2 is 1.78 bits per heavy atom. The zero-order valence-corrected chi connectivity index (χ0v) is 14.2. The lowest BCUT2D eigenvalue weighted by Crippen LogP contribution is -1.94. The number of anilines is 3. The summed E-state index contributed by atoms with van der Waals surface area (Å²) in [6, 6.07) is 7.78. The molecule has 3 N–H and O–H groups in total. The quantitative estimate of drug-likeness (QED) is 0.465. The van der Waals surface area contributed by atoms with Crippen molar-refractivity contribution in [2.75, 3.05) is 11.1 Å². The van der Waals surface area contributed by atoms with E-state index in [2.05, 4.69) is 15.3 Å². The van der Waals surface area contributed by atoms with Crippen molar-refractivity contribution in [3.63, 3.8) is 0 Å². The van der Waals surface area contributed by atoms with Crippen molar-refractivity contribution in [1.29, 1.82) is 0 Å². The van der Waals surface area contributed by atoms with Crippen LogP contribution in [0.4, 0.5) is 30.4 Å². The fourth-order valence-electron chi connectivity index (χ4n) is 2.70.